The fourth-order valence-corrected chi connectivity index (χ4v) is 4.86. The predicted molar refractivity (Wildman–Crippen MR) is 103 cm³/mol. The summed E-state index contributed by atoms with van der Waals surface area (Å²) >= 11 is 0. The summed E-state index contributed by atoms with van der Waals surface area (Å²) < 4.78 is 0. The Labute approximate surface area is 160 Å². The van der Waals surface area contributed by atoms with Crippen LogP contribution in [0.4, 0.5) is 5.69 Å². The molecule has 3 fully saturated rings. The number of nitrogens with zero attached hydrogens (tertiary/aromatic N) is 2. The fraction of sp³-hybridized carbons (Fsp3) is 0.600. The molecule has 1 aliphatic carbocycles. The zero-order valence-electron chi connectivity index (χ0n) is 15.5. The number of piperidine rings is 1. The summed E-state index contributed by atoms with van der Waals surface area (Å²) in [7, 11) is 0. The number of carbonyl (C=O) groups is 1. The maximum absolute atomic E-state index is 12.7. The van der Waals surface area contributed by atoms with Crippen molar-refractivity contribution in [1.29, 1.82) is 5.26 Å². The first-order valence-electron chi connectivity index (χ1n) is 9.98. The molecule has 27 heavy (non-hydrogen) atoms. The molecule has 1 saturated carbocycles. The van der Waals surface area contributed by atoms with Crippen LogP contribution in [0.5, 0.6) is 0 Å². The van der Waals surface area contributed by atoms with Crippen LogP contribution in [0.3, 0.4) is 0 Å². The number of nitrogens with two attached hydrogens (primary N) is 1. The number of hydrogen-bond donors (Lipinski definition) is 4. The number of nitrogens with one attached hydrogen (secondary N) is 3. The van der Waals surface area contributed by atoms with Gasteiger partial charge in [-0.3, -0.25) is 4.79 Å². The highest BCUT2D eigenvalue weighted by atomic mass is 16.2. The first-order valence-corrected chi connectivity index (χ1v) is 9.98. The van der Waals surface area contributed by atoms with Crippen LogP contribution in [0.15, 0.2) is 24.3 Å². The molecule has 1 aromatic carbocycles. The Morgan fingerprint density at radius 1 is 1.26 bits per heavy atom. The van der Waals surface area contributed by atoms with Gasteiger partial charge in [0.15, 0.2) is 0 Å². The van der Waals surface area contributed by atoms with Gasteiger partial charge in [0.1, 0.15) is 6.17 Å². The zero-order valence-corrected chi connectivity index (χ0v) is 15.5. The van der Waals surface area contributed by atoms with E-state index in [1.165, 1.54) is 0 Å². The molecule has 5 atom stereocenters. The minimum Gasteiger partial charge on any atom is -0.368 e. The molecule has 0 bridgehead atoms. The van der Waals surface area contributed by atoms with Crippen LogP contribution < -0.4 is 21.8 Å². The van der Waals surface area contributed by atoms with E-state index in [1.54, 1.807) is 0 Å². The van der Waals surface area contributed by atoms with Crippen LogP contribution in [-0.4, -0.2) is 35.7 Å². The number of carbonyl (C=O) groups excluding carboxylic acids is 1. The Morgan fingerprint density at radius 2 is 2.11 bits per heavy atom. The van der Waals surface area contributed by atoms with E-state index in [1.807, 2.05) is 24.3 Å². The van der Waals surface area contributed by atoms with Crippen molar-refractivity contribution >= 4 is 11.6 Å². The van der Waals surface area contributed by atoms with Crippen molar-refractivity contribution in [3.05, 3.63) is 29.8 Å². The van der Waals surface area contributed by atoms with Crippen LogP contribution in [-0.2, 0) is 11.3 Å². The van der Waals surface area contributed by atoms with Crippen molar-refractivity contribution in [3.63, 3.8) is 0 Å². The average Bonchev–Trinajstić information content (AvgIpc) is 3.07. The largest absolute Gasteiger partial charge is 0.368 e. The molecule has 4 rings (SSSR count). The number of hydrogen-bond acceptors (Lipinski definition) is 6. The molecule has 2 saturated heterocycles. The third-order valence-corrected chi connectivity index (χ3v) is 6.20. The number of hydrazine groups is 1. The van der Waals surface area contributed by atoms with Gasteiger partial charge in [-0.15, -0.1) is 0 Å². The van der Waals surface area contributed by atoms with E-state index in [-0.39, 0.29) is 36.0 Å². The summed E-state index contributed by atoms with van der Waals surface area (Å²) in [5.41, 5.74) is 11.3. The molecule has 1 aromatic rings. The maximum atomic E-state index is 12.7. The lowest BCUT2D eigenvalue weighted by molar-refractivity contribution is -0.128. The minimum atomic E-state index is -0.190. The number of rotatable bonds is 4. The summed E-state index contributed by atoms with van der Waals surface area (Å²) in [6, 6.07) is 10.8. The van der Waals surface area contributed by atoms with Gasteiger partial charge in [-0.05, 0) is 37.0 Å². The third kappa shape index (κ3) is 3.53. The molecule has 0 radical (unpaired) electrons. The summed E-state index contributed by atoms with van der Waals surface area (Å²) in [4.78, 5) is 12.7. The molecule has 7 nitrogen and oxygen atoms in total. The second-order valence-electron chi connectivity index (χ2n) is 7.82. The molecule has 1 amide bonds. The topological polar surface area (TPSA) is 106 Å². The van der Waals surface area contributed by atoms with Crippen molar-refractivity contribution in [2.24, 2.45) is 17.6 Å². The van der Waals surface area contributed by atoms with E-state index in [0.717, 1.165) is 43.4 Å². The van der Waals surface area contributed by atoms with E-state index in [2.05, 4.69) is 27.1 Å². The first kappa shape index (κ1) is 18.2. The lowest BCUT2D eigenvalue weighted by Crippen LogP contribution is -2.54. The molecule has 0 spiro atoms. The third-order valence-electron chi connectivity index (χ3n) is 6.20. The maximum Gasteiger partial charge on any atom is 0.228 e. The fourth-order valence-electron chi connectivity index (χ4n) is 4.86. The van der Waals surface area contributed by atoms with Crippen LogP contribution >= 0.6 is 0 Å². The number of benzene rings is 1. The first-order chi connectivity index (χ1) is 13.2. The normalized spacial score (nSPS) is 33.8. The quantitative estimate of drug-likeness (QED) is 0.638. The highest BCUT2D eigenvalue weighted by Gasteiger charge is 2.51. The number of anilines is 1. The highest BCUT2D eigenvalue weighted by molar-refractivity contribution is 5.82. The summed E-state index contributed by atoms with van der Waals surface area (Å²) in [5, 5.41) is 18.4. The van der Waals surface area contributed by atoms with Crippen molar-refractivity contribution in [2.45, 2.75) is 56.9 Å². The molecule has 2 aliphatic heterocycles. The monoisotopic (exact) mass is 368 g/mol. The van der Waals surface area contributed by atoms with Crippen molar-refractivity contribution in [2.75, 3.05) is 11.9 Å². The Hall–Kier alpha value is -2.14. The molecular weight excluding hydrogens is 340 g/mol. The minimum absolute atomic E-state index is 0.0243. The van der Waals surface area contributed by atoms with Crippen LogP contribution in [0.2, 0.25) is 0 Å². The van der Waals surface area contributed by atoms with Gasteiger partial charge >= 0.3 is 0 Å². The molecule has 144 valence electrons. The van der Waals surface area contributed by atoms with Gasteiger partial charge in [0.25, 0.3) is 0 Å². The van der Waals surface area contributed by atoms with Gasteiger partial charge in [0.05, 0.1) is 17.9 Å². The van der Waals surface area contributed by atoms with Crippen molar-refractivity contribution in [3.8, 4) is 6.07 Å². The van der Waals surface area contributed by atoms with E-state index < -0.39 is 0 Å². The van der Waals surface area contributed by atoms with E-state index >= 15 is 0 Å². The van der Waals surface area contributed by atoms with E-state index in [0.29, 0.717) is 13.1 Å². The van der Waals surface area contributed by atoms with E-state index in [4.69, 9.17) is 5.73 Å². The van der Waals surface area contributed by atoms with Gasteiger partial charge < -0.3 is 16.4 Å². The van der Waals surface area contributed by atoms with Crippen molar-refractivity contribution in [1.82, 2.24) is 15.8 Å². The summed E-state index contributed by atoms with van der Waals surface area (Å²) in [6.45, 7) is 1.18. The summed E-state index contributed by atoms with van der Waals surface area (Å²) in [6.07, 6.45) is 4.92. The average molecular weight is 368 g/mol. The smallest absolute Gasteiger partial charge is 0.228 e. The molecule has 2 heterocycles. The second-order valence-corrected chi connectivity index (χ2v) is 7.82. The van der Waals surface area contributed by atoms with Crippen LogP contribution in [0, 0.1) is 23.2 Å². The predicted octanol–water partition coefficient (Wildman–Crippen LogP) is 1.29. The summed E-state index contributed by atoms with van der Waals surface area (Å²) in [5.74, 6) is -0.0733. The van der Waals surface area contributed by atoms with Gasteiger partial charge in [-0.1, -0.05) is 25.0 Å². The number of fused-ring (bicyclic) bond motifs is 1. The zero-order chi connectivity index (χ0) is 18.8. The Morgan fingerprint density at radius 3 is 2.93 bits per heavy atom. The van der Waals surface area contributed by atoms with Gasteiger partial charge in [-0.25, -0.2) is 10.4 Å². The Bertz CT molecular complexity index is 731. The van der Waals surface area contributed by atoms with Crippen molar-refractivity contribution < 1.29 is 4.79 Å². The van der Waals surface area contributed by atoms with E-state index in [9.17, 15) is 10.1 Å². The van der Waals surface area contributed by atoms with Gasteiger partial charge in [0, 0.05) is 30.9 Å². The van der Waals surface area contributed by atoms with Gasteiger partial charge in [-0.2, -0.15) is 5.26 Å². The number of nitriles is 1. The molecular formula is C20H28N6O. The van der Waals surface area contributed by atoms with Crippen LogP contribution in [0.1, 0.15) is 37.7 Å². The Kier molecular flexibility index (Phi) is 5.30. The number of amides is 1. The highest BCUT2D eigenvalue weighted by Crippen LogP contribution is 2.36. The molecule has 5 N–H and O–H groups in total. The standard InChI is InChI=1S/C20H28N6O/c21-11-13-4-3-6-15(10-13)24-19-18-17(8-9-23-20(18)27)26(25-19)16-7-2-1-5-14(16)12-22/h3-4,6,10,14,16-19,24-25H,1-2,5,7-9,11,21H2,(H,23,27)/t14-,16+,17?,18?,19?/m1/s1. The Balaban J connectivity index is 1.58. The molecule has 0 aromatic heterocycles. The molecule has 3 unspecified atom stereocenters. The molecule has 7 heteroatoms. The van der Waals surface area contributed by atoms with Crippen LogP contribution in [0.25, 0.3) is 0 Å². The lowest BCUT2D eigenvalue weighted by Gasteiger charge is -2.39. The lowest BCUT2D eigenvalue weighted by atomic mass is 9.83. The SMILES string of the molecule is N#C[C@H]1CCCC[C@@H]1N1NC(Nc2cccc(CN)c2)C2C(=O)NCCC21. The van der Waals surface area contributed by atoms with Gasteiger partial charge in [0.2, 0.25) is 5.91 Å². The molecule has 3 aliphatic rings. The second kappa shape index (κ2) is 7.85.